The molecule has 8 aromatic rings. The van der Waals surface area contributed by atoms with E-state index in [2.05, 4.69) is 186 Å². The van der Waals surface area contributed by atoms with E-state index in [4.69, 9.17) is 9.97 Å². The number of aromatic nitrogens is 5. The van der Waals surface area contributed by atoms with Gasteiger partial charge in [-0.25, -0.2) is 24.9 Å². The van der Waals surface area contributed by atoms with E-state index < -0.39 is 0 Å². The summed E-state index contributed by atoms with van der Waals surface area (Å²) < 4.78 is 0. The summed E-state index contributed by atoms with van der Waals surface area (Å²) in [6.07, 6.45) is 6.71. The van der Waals surface area contributed by atoms with Gasteiger partial charge in [0.1, 0.15) is 12.7 Å². The van der Waals surface area contributed by atoms with Crippen LogP contribution in [-0.4, -0.2) is 24.9 Å². The minimum atomic E-state index is -0.188. The molecule has 0 saturated heterocycles. The second-order valence-corrected chi connectivity index (χ2v) is 15.6. The zero-order chi connectivity index (χ0) is 38.0. The SMILES string of the molecule is CC1(C)c2ccccc2N(c2cc(-c3cc(-c4ncncn4)cc(N4c5ccccc5C(C)(C)c5ccccc54)c3)cc(-c3ncccn3)c2)c2ccccc21. The Morgan fingerprint density at radius 2 is 0.714 bits per heavy atom. The standard InChI is InChI=1S/C49H39N7/c1-48(2)38-14-5-9-18-42(38)55(43-19-10-6-15-39(43)48)36-26-32(24-34(28-36)46-51-22-13-23-52-46)33-25-35(47-53-30-50-31-54-47)29-37(27-33)56-44-20-11-7-16-40(44)49(3,4)41-17-8-12-21-45(41)56/h5-31H,1-4H3. The van der Waals surface area contributed by atoms with Crippen molar-refractivity contribution in [3.8, 4) is 33.9 Å². The van der Waals surface area contributed by atoms with Crippen LogP contribution < -0.4 is 9.80 Å². The molecule has 10 rings (SSSR count). The second-order valence-electron chi connectivity index (χ2n) is 15.6. The second kappa shape index (κ2) is 12.8. The molecule has 0 bridgehead atoms. The summed E-state index contributed by atoms with van der Waals surface area (Å²) in [5.41, 5.74) is 15.1. The Morgan fingerprint density at radius 1 is 0.375 bits per heavy atom. The Kier molecular flexibility index (Phi) is 7.68. The smallest absolute Gasteiger partial charge is 0.162 e. The fourth-order valence-corrected chi connectivity index (χ4v) is 8.80. The Hall–Kier alpha value is -6.99. The minimum absolute atomic E-state index is 0.184. The molecule has 0 atom stereocenters. The van der Waals surface area contributed by atoms with Gasteiger partial charge in [-0.2, -0.15) is 0 Å². The van der Waals surface area contributed by atoms with Crippen LogP contribution in [0.15, 0.2) is 165 Å². The molecular weight excluding hydrogens is 687 g/mol. The van der Waals surface area contributed by atoms with Crippen molar-refractivity contribution in [2.24, 2.45) is 0 Å². The van der Waals surface area contributed by atoms with Crippen LogP contribution >= 0.6 is 0 Å². The number of rotatable bonds is 5. The Balaban J connectivity index is 1.24. The van der Waals surface area contributed by atoms with Gasteiger partial charge in [-0.05, 0) is 100 Å². The fraction of sp³-hybridized carbons (Fsp3) is 0.122. The maximum Gasteiger partial charge on any atom is 0.162 e. The first-order chi connectivity index (χ1) is 27.3. The van der Waals surface area contributed by atoms with Gasteiger partial charge in [-0.3, -0.25) is 0 Å². The molecule has 0 fully saturated rings. The molecule has 56 heavy (non-hydrogen) atoms. The molecular formula is C49H39N7. The average molecular weight is 726 g/mol. The molecule has 7 nitrogen and oxygen atoms in total. The molecule has 6 aromatic carbocycles. The van der Waals surface area contributed by atoms with E-state index in [1.165, 1.54) is 22.3 Å². The fourth-order valence-electron chi connectivity index (χ4n) is 8.80. The van der Waals surface area contributed by atoms with Crippen molar-refractivity contribution in [2.75, 3.05) is 9.80 Å². The summed E-state index contributed by atoms with van der Waals surface area (Å²) in [7, 11) is 0. The van der Waals surface area contributed by atoms with Gasteiger partial charge < -0.3 is 9.80 Å². The highest BCUT2D eigenvalue weighted by Crippen LogP contribution is 2.54. The minimum Gasteiger partial charge on any atom is -0.310 e. The van der Waals surface area contributed by atoms with Gasteiger partial charge in [0, 0.05) is 45.7 Å². The first-order valence-corrected chi connectivity index (χ1v) is 19.0. The molecule has 4 heterocycles. The molecule has 270 valence electrons. The van der Waals surface area contributed by atoms with Gasteiger partial charge in [0.2, 0.25) is 0 Å². The number of para-hydroxylation sites is 4. The molecule has 0 amide bonds. The van der Waals surface area contributed by atoms with Crippen molar-refractivity contribution in [3.63, 3.8) is 0 Å². The first-order valence-electron chi connectivity index (χ1n) is 19.0. The van der Waals surface area contributed by atoms with Crippen LogP contribution in [0.2, 0.25) is 0 Å². The zero-order valence-electron chi connectivity index (χ0n) is 31.7. The summed E-state index contributed by atoms with van der Waals surface area (Å²) in [5, 5.41) is 0. The highest BCUT2D eigenvalue weighted by molar-refractivity contribution is 5.92. The highest BCUT2D eigenvalue weighted by atomic mass is 15.2. The van der Waals surface area contributed by atoms with E-state index in [1.54, 1.807) is 25.0 Å². The van der Waals surface area contributed by atoms with Crippen molar-refractivity contribution < 1.29 is 0 Å². The van der Waals surface area contributed by atoms with Gasteiger partial charge >= 0.3 is 0 Å². The molecule has 2 aliphatic heterocycles. The molecule has 0 saturated carbocycles. The lowest BCUT2D eigenvalue weighted by Crippen LogP contribution is -2.30. The van der Waals surface area contributed by atoms with E-state index >= 15 is 0 Å². The molecule has 0 radical (unpaired) electrons. The monoisotopic (exact) mass is 725 g/mol. The van der Waals surface area contributed by atoms with Gasteiger partial charge in [-0.15, -0.1) is 0 Å². The largest absolute Gasteiger partial charge is 0.310 e. The molecule has 2 aliphatic rings. The van der Waals surface area contributed by atoms with Crippen molar-refractivity contribution >= 4 is 34.1 Å². The van der Waals surface area contributed by atoms with E-state index in [9.17, 15) is 0 Å². The Labute approximate surface area is 327 Å². The van der Waals surface area contributed by atoms with E-state index in [-0.39, 0.29) is 10.8 Å². The summed E-state index contributed by atoms with van der Waals surface area (Å²) >= 11 is 0. The number of anilines is 6. The van der Waals surface area contributed by atoms with Crippen molar-refractivity contribution in [1.82, 2.24) is 24.9 Å². The van der Waals surface area contributed by atoms with Gasteiger partial charge in [0.25, 0.3) is 0 Å². The maximum atomic E-state index is 4.74. The van der Waals surface area contributed by atoms with Crippen LogP contribution in [0.3, 0.4) is 0 Å². The third-order valence-corrected chi connectivity index (χ3v) is 11.5. The summed E-state index contributed by atoms with van der Waals surface area (Å²) in [6.45, 7) is 9.25. The summed E-state index contributed by atoms with van der Waals surface area (Å²) in [4.78, 5) is 27.7. The predicted octanol–water partition coefficient (Wildman–Crippen LogP) is 11.9. The van der Waals surface area contributed by atoms with Crippen LogP contribution in [0, 0.1) is 0 Å². The third-order valence-electron chi connectivity index (χ3n) is 11.5. The van der Waals surface area contributed by atoms with Crippen LogP contribution in [0.25, 0.3) is 33.9 Å². The van der Waals surface area contributed by atoms with Crippen molar-refractivity contribution in [1.29, 1.82) is 0 Å². The van der Waals surface area contributed by atoms with Gasteiger partial charge in [0.15, 0.2) is 11.6 Å². The lowest BCUT2D eigenvalue weighted by atomic mass is 9.73. The molecule has 7 heteroatoms. The zero-order valence-corrected chi connectivity index (χ0v) is 31.7. The van der Waals surface area contributed by atoms with Crippen molar-refractivity contribution in [3.05, 3.63) is 187 Å². The van der Waals surface area contributed by atoms with Crippen LogP contribution in [0.5, 0.6) is 0 Å². The number of nitrogens with zero attached hydrogens (tertiary/aromatic N) is 7. The lowest BCUT2D eigenvalue weighted by Gasteiger charge is -2.42. The normalized spacial score (nSPS) is 14.6. The predicted molar refractivity (Wildman–Crippen MR) is 225 cm³/mol. The molecule has 0 unspecified atom stereocenters. The maximum absolute atomic E-state index is 4.74. The van der Waals surface area contributed by atoms with Gasteiger partial charge in [0.05, 0.1) is 22.7 Å². The quantitative estimate of drug-likeness (QED) is 0.175. The number of hydrogen-bond acceptors (Lipinski definition) is 7. The van der Waals surface area contributed by atoms with Crippen LogP contribution in [0.1, 0.15) is 49.9 Å². The molecule has 0 aliphatic carbocycles. The number of fused-ring (bicyclic) bond motifs is 4. The molecule has 0 N–H and O–H groups in total. The average Bonchev–Trinajstić information content (AvgIpc) is 3.24. The Morgan fingerprint density at radius 3 is 1.11 bits per heavy atom. The third kappa shape index (κ3) is 5.30. The van der Waals surface area contributed by atoms with Gasteiger partial charge in [-0.1, -0.05) is 100 Å². The van der Waals surface area contributed by atoms with Crippen molar-refractivity contribution in [2.45, 2.75) is 38.5 Å². The number of benzene rings is 6. The van der Waals surface area contributed by atoms with E-state index in [1.807, 2.05) is 6.07 Å². The topological polar surface area (TPSA) is 70.9 Å². The Bertz CT molecular complexity index is 2490. The molecule has 0 spiro atoms. The first kappa shape index (κ1) is 33.6. The van der Waals surface area contributed by atoms with E-state index in [0.29, 0.717) is 11.6 Å². The van der Waals surface area contributed by atoms with Crippen LogP contribution in [-0.2, 0) is 10.8 Å². The molecule has 2 aromatic heterocycles. The summed E-state index contributed by atoms with van der Waals surface area (Å²) in [6, 6.07) is 50.2. The highest BCUT2D eigenvalue weighted by Gasteiger charge is 2.38. The van der Waals surface area contributed by atoms with Crippen LogP contribution in [0.4, 0.5) is 34.1 Å². The number of hydrogen-bond donors (Lipinski definition) is 0. The van der Waals surface area contributed by atoms with E-state index in [0.717, 1.165) is 56.4 Å². The summed E-state index contributed by atoms with van der Waals surface area (Å²) in [5.74, 6) is 1.26. The lowest BCUT2D eigenvalue weighted by molar-refractivity contribution is 0.631.